The lowest BCUT2D eigenvalue weighted by Gasteiger charge is -2.17. The first-order valence-corrected chi connectivity index (χ1v) is 10.9. The molecule has 0 aliphatic carbocycles. The predicted molar refractivity (Wildman–Crippen MR) is 113 cm³/mol. The van der Waals surface area contributed by atoms with Crippen molar-refractivity contribution in [3.63, 3.8) is 0 Å². The third kappa shape index (κ3) is 3.69. The molecule has 0 saturated carbocycles. The van der Waals surface area contributed by atoms with E-state index in [0.717, 1.165) is 34.4 Å². The summed E-state index contributed by atoms with van der Waals surface area (Å²) in [6.45, 7) is 1.63. The van der Waals surface area contributed by atoms with Crippen molar-refractivity contribution in [3.8, 4) is 0 Å². The van der Waals surface area contributed by atoms with Crippen LogP contribution in [0.5, 0.6) is 0 Å². The average molecular weight is 417 g/mol. The summed E-state index contributed by atoms with van der Waals surface area (Å²) in [6, 6.07) is 9.36. The smallest absolute Gasteiger partial charge is 0.198 e. The van der Waals surface area contributed by atoms with Gasteiger partial charge in [0, 0.05) is 57.9 Å². The van der Waals surface area contributed by atoms with Gasteiger partial charge in [0.1, 0.15) is 11.6 Å². The van der Waals surface area contributed by atoms with Gasteiger partial charge in [0.05, 0.1) is 11.1 Å². The molecule has 0 unspecified atom stereocenters. The lowest BCUT2D eigenvalue weighted by molar-refractivity contribution is 0.103. The van der Waals surface area contributed by atoms with Crippen molar-refractivity contribution < 1.29 is 13.6 Å². The van der Waals surface area contributed by atoms with E-state index in [1.54, 1.807) is 36.7 Å². The van der Waals surface area contributed by atoms with Gasteiger partial charge < -0.3 is 10.6 Å². The topological polar surface area (TPSA) is 41.1 Å². The van der Waals surface area contributed by atoms with Gasteiger partial charge in [-0.2, -0.15) is 0 Å². The number of thioether (sulfide) groups is 2. The first-order valence-electron chi connectivity index (χ1n) is 8.92. The Morgan fingerprint density at radius 2 is 1.25 bits per heavy atom. The SMILES string of the molecule is O=C(c1cccc(C2=CNCCS2)c1F)c1cccc(C2=CNCCS2)c1F. The molecule has 2 N–H and O–H groups in total. The number of carbonyl (C=O) groups is 1. The minimum Gasteiger partial charge on any atom is -0.389 e. The van der Waals surface area contributed by atoms with E-state index in [9.17, 15) is 4.79 Å². The van der Waals surface area contributed by atoms with Gasteiger partial charge in [0.25, 0.3) is 0 Å². The van der Waals surface area contributed by atoms with Crippen LogP contribution in [0.3, 0.4) is 0 Å². The average Bonchev–Trinajstić information content (AvgIpc) is 2.75. The summed E-state index contributed by atoms with van der Waals surface area (Å²) in [5, 5.41) is 6.17. The molecule has 2 aliphatic heterocycles. The number of rotatable bonds is 4. The quantitative estimate of drug-likeness (QED) is 0.720. The van der Waals surface area contributed by atoms with Crippen molar-refractivity contribution >= 4 is 39.1 Å². The Morgan fingerprint density at radius 3 is 1.64 bits per heavy atom. The van der Waals surface area contributed by atoms with Crippen LogP contribution in [0.4, 0.5) is 8.78 Å². The molecule has 0 bridgehead atoms. The lowest BCUT2D eigenvalue weighted by atomic mass is 9.98. The summed E-state index contributed by atoms with van der Waals surface area (Å²) < 4.78 is 30.3. The van der Waals surface area contributed by atoms with E-state index in [1.807, 2.05) is 0 Å². The molecule has 7 heteroatoms. The largest absolute Gasteiger partial charge is 0.389 e. The van der Waals surface area contributed by atoms with Crippen molar-refractivity contribution in [3.05, 3.63) is 82.7 Å². The minimum atomic E-state index is -0.651. The van der Waals surface area contributed by atoms with Crippen LogP contribution in [0.2, 0.25) is 0 Å². The fraction of sp³-hybridized carbons (Fsp3) is 0.190. The van der Waals surface area contributed by atoms with Crippen LogP contribution in [0.25, 0.3) is 9.81 Å². The second-order valence-corrected chi connectivity index (χ2v) is 8.56. The fourth-order valence-corrected chi connectivity index (χ4v) is 4.94. The van der Waals surface area contributed by atoms with Crippen molar-refractivity contribution in [1.29, 1.82) is 0 Å². The van der Waals surface area contributed by atoms with E-state index in [0.29, 0.717) is 11.1 Å². The zero-order valence-electron chi connectivity index (χ0n) is 14.9. The number of hydrogen-bond acceptors (Lipinski definition) is 5. The second-order valence-electron chi connectivity index (χ2n) is 6.29. The van der Waals surface area contributed by atoms with Gasteiger partial charge in [0.2, 0.25) is 0 Å². The Morgan fingerprint density at radius 1 is 0.786 bits per heavy atom. The van der Waals surface area contributed by atoms with Crippen molar-refractivity contribution in [2.75, 3.05) is 24.6 Å². The third-order valence-electron chi connectivity index (χ3n) is 4.49. The number of carbonyl (C=O) groups excluding carboxylic acids is 1. The summed E-state index contributed by atoms with van der Waals surface area (Å²) in [4.78, 5) is 14.5. The molecule has 2 heterocycles. The zero-order valence-corrected chi connectivity index (χ0v) is 16.6. The molecule has 0 spiro atoms. The van der Waals surface area contributed by atoms with Crippen LogP contribution in [0, 0.1) is 11.6 Å². The van der Waals surface area contributed by atoms with Gasteiger partial charge >= 0.3 is 0 Å². The summed E-state index contributed by atoms with van der Waals surface area (Å²) in [7, 11) is 0. The summed E-state index contributed by atoms with van der Waals surface area (Å²) in [6.07, 6.45) is 3.50. The highest BCUT2D eigenvalue weighted by molar-refractivity contribution is 8.08. The van der Waals surface area contributed by atoms with E-state index in [2.05, 4.69) is 10.6 Å². The number of benzene rings is 2. The highest BCUT2D eigenvalue weighted by atomic mass is 32.2. The number of nitrogens with one attached hydrogen (secondary N) is 2. The fourth-order valence-electron chi connectivity index (χ4n) is 3.10. The first kappa shape index (κ1) is 19.1. The molecule has 4 rings (SSSR count). The number of ketones is 1. The molecule has 28 heavy (non-hydrogen) atoms. The maximum Gasteiger partial charge on any atom is 0.198 e. The summed E-state index contributed by atoms with van der Waals surface area (Å²) >= 11 is 3.05. The van der Waals surface area contributed by atoms with Crippen LogP contribution in [-0.2, 0) is 0 Å². The van der Waals surface area contributed by atoms with Crippen LogP contribution in [0.15, 0.2) is 48.8 Å². The minimum absolute atomic E-state index is 0.121. The first-order chi connectivity index (χ1) is 13.7. The lowest BCUT2D eigenvalue weighted by Crippen LogP contribution is -2.16. The molecule has 2 aliphatic rings. The molecule has 3 nitrogen and oxygen atoms in total. The Kier molecular flexibility index (Phi) is 5.73. The van der Waals surface area contributed by atoms with Crippen molar-refractivity contribution in [1.82, 2.24) is 10.6 Å². The van der Waals surface area contributed by atoms with Gasteiger partial charge in [-0.25, -0.2) is 8.78 Å². The molecule has 2 aromatic rings. The van der Waals surface area contributed by atoms with E-state index >= 15 is 8.78 Å². The van der Waals surface area contributed by atoms with Gasteiger partial charge in [-0.1, -0.05) is 24.3 Å². The third-order valence-corrected chi connectivity index (χ3v) is 6.61. The molecule has 0 aromatic heterocycles. The van der Waals surface area contributed by atoms with E-state index in [4.69, 9.17) is 0 Å². The van der Waals surface area contributed by atoms with E-state index < -0.39 is 17.4 Å². The Balaban J connectivity index is 1.72. The van der Waals surface area contributed by atoms with E-state index in [-0.39, 0.29) is 11.1 Å². The number of halogens is 2. The van der Waals surface area contributed by atoms with Crippen LogP contribution < -0.4 is 10.6 Å². The van der Waals surface area contributed by atoms with Crippen LogP contribution >= 0.6 is 23.5 Å². The Labute approximate surface area is 170 Å². The molecular weight excluding hydrogens is 398 g/mol. The van der Waals surface area contributed by atoms with Gasteiger partial charge in [-0.05, 0) is 12.1 Å². The van der Waals surface area contributed by atoms with Crippen LogP contribution in [-0.4, -0.2) is 30.4 Å². The van der Waals surface area contributed by atoms with Gasteiger partial charge in [0.15, 0.2) is 5.78 Å². The standard InChI is InChI=1S/C21H18F2N2OS2/c22-19-13(17-11-24-7-9-27-17)3-1-5-15(19)21(26)16-6-2-4-14(20(16)23)18-12-25-8-10-28-18/h1-6,11-12,24-25H,7-10H2. The monoisotopic (exact) mass is 416 g/mol. The van der Waals surface area contributed by atoms with Gasteiger partial charge in [-0.3, -0.25) is 4.79 Å². The molecule has 2 aromatic carbocycles. The highest BCUT2D eigenvalue weighted by Crippen LogP contribution is 2.34. The Hall–Kier alpha value is -2.25. The summed E-state index contributed by atoms with van der Waals surface area (Å²) in [5.41, 5.74) is 0.469. The predicted octanol–water partition coefficient (Wildman–Crippen LogP) is 4.47. The molecular formula is C21H18F2N2OS2. The van der Waals surface area contributed by atoms with Crippen molar-refractivity contribution in [2.45, 2.75) is 0 Å². The van der Waals surface area contributed by atoms with Crippen molar-refractivity contribution in [2.24, 2.45) is 0 Å². The normalized spacial score (nSPS) is 16.5. The van der Waals surface area contributed by atoms with Crippen LogP contribution in [0.1, 0.15) is 27.0 Å². The highest BCUT2D eigenvalue weighted by Gasteiger charge is 2.24. The second kappa shape index (κ2) is 8.41. The number of hydrogen-bond donors (Lipinski definition) is 2. The maximum atomic E-state index is 15.1. The summed E-state index contributed by atoms with van der Waals surface area (Å²) in [5.74, 6) is -0.246. The molecule has 0 radical (unpaired) electrons. The molecule has 0 amide bonds. The molecule has 0 fully saturated rings. The molecule has 0 atom stereocenters. The Bertz CT molecular complexity index is 911. The van der Waals surface area contributed by atoms with E-state index in [1.165, 1.54) is 35.7 Å². The maximum absolute atomic E-state index is 15.1. The molecule has 0 saturated heterocycles. The molecule has 144 valence electrons. The zero-order chi connectivity index (χ0) is 19.5. The van der Waals surface area contributed by atoms with Gasteiger partial charge in [-0.15, -0.1) is 23.5 Å².